The number of hydrogen-bond acceptors (Lipinski definition) is 2. The van der Waals surface area contributed by atoms with Crippen molar-refractivity contribution < 1.29 is 4.39 Å². The maximum absolute atomic E-state index is 13.3. The molecule has 0 aliphatic heterocycles. The Morgan fingerprint density at radius 3 is 2.53 bits per heavy atom. The first-order chi connectivity index (χ1) is 8.28. The summed E-state index contributed by atoms with van der Waals surface area (Å²) in [7, 11) is 0. The van der Waals surface area contributed by atoms with Crippen molar-refractivity contribution >= 4 is 11.8 Å². The van der Waals surface area contributed by atoms with E-state index >= 15 is 0 Å². The van der Waals surface area contributed by atoms with E-state index in [0.29, 0.717) is 6.54 Å². The average Bonchev–Trinajstić information content (AvgIpc) is 2.37. The molecular formula is C14H20FNS. The van der Waals surface area contributed by atoms with Crippen LogP contribution in [0.2, 0.25) is 0 Å². The van der Waals surface area contributed by atoms with Gasteiger partial charge in [-0.25, -0.2) is 4.39 Å². The Morgan fingerprint density at radius 1 is 1.12 bits per heavy atom. The Hall–Kier alpha value is -0.540. The number of rotatable bonds is 4. The van der Waals surface area contributed by atoms with Gasteiger partial charge in [0.1, 0.15) is 5.82 Å². The van der Waals surface area contributed by atoms with E-state index < -0.39 is 0 Å². The molecule has 0 heterocycles. The molecule has 94 valence electrons. The Morgan fingerprint density at radius 2 is 1.82 bits per heavy atom. The van der Waals surface area contributed by atoms with Crippen LogP contribution in [0.5, 0.6) is 0 Å². The van der Waals surface area contributed by atoms with Crippen molar-refractivity contribution in [2.24, 2.45) is 5.73 Å². The third kappa shape index (κ3) is 4.00. The summed E-state index contributed by atoms with van der Waals surface area (Å²) in [6, 6.07) is 5.18. The molecule has 0 unspecified atom stereocenters. The third-order valence-electron chi connectivity index (χ3n) is 3.29. The monoisotopic (exact) mass is 253 g/mol. The highest BCUT2D eigenvalue weighted by atomic mass is 32.2. The highest BCUT2D eigenvalue weighted by molar-refractivity contribution is 7.99. The first-order valence-electron chi connectivity index (χ1n) is 6.38. The lowest BCUT2D eigenvalue weighted by Crippen LogP contribution is -2.08. The zero-order valence-electron chi connectivity index (χ0n) is 10.1. The SMILES string of the molecule is NCc1cc(F)cc(CSC2CCCCC2)c1. The van der Waals surface area contributed by atoms with Crippen LogP contribution in [0.1, 0.15) is 43.2 Å². The molecule has 1 saturated carbocycles. The molecule has 2 rings (SSSR count). The normalized spacial score (nSPS) is 17.3. The van der Waals surface area contributed by atoms with Crippen LogP contribution in [0.4, 0.5) is 4.39 Å². The van der Waals surface area contributed by atoms with Crippen LogP contribution in [-0.4, -0.2) is 5.25 Å². The van der Waals surface area contributed by atoms with E-state index in [-0.39, 0.29) is 5.82 Å². The van der Waals surface area contributed by atoms with E-state index in [9.17, 15) is 4.39 Å². The van der Waals surface area contributed by atoms with Gasteiger partial charge < -0.3 is 5.73 Å². The summed E-state index contributed by atoms with van der Waals surface area (Å²) in [4.78, 5) is 0. The summed E-state index contributed by atoms with van der Waals surface area (Å²) in [6.07, 6.45) is 6.74. The van der Waals surface area contributed by atoms with Gasteiger partial charge in [-0.1, -0.05) is 25.3 Å². The number of benzene rings is 1. The van der Waals surface area contributed by atoms with Gasteiger partial charge in [-0.2, -0.15) is 11.8 Å². The molecule has 1 nitrogen and oxygen atoms in total. The van der Waals surface area contributed by atoms with Crippen molar-refractivity contribution in [3.8, 4) is 0 Å². The zero-order chi connectivity index (χ0) is 12.1. The maximum Gasteiger partial charge on any atom is 0.123 e. The second kappa shape index (κ2) is 6.41. The minimum absolute atomic E-state index is 0.160. The molecule has 17 heavy (non-hydrogen) atoms. The molecule has 2 N–H and O–H groups in total. The van der Waals surface area contributed by atoms with Crippen LogP contribution in [0.15, 0.2) is 18.2 Å². The van der Waals surface area contributed by atoms with Crippen molar-refractivity contribution in [1.82, 2.24) is 0 Å². The molecule has 1 aliphatic carbocycles. The van der Waals surface area contributed by atoms with Crippen molar-refractivity contribution in [2.45, 2.75) is 49.7 Å². The minimum atomic E-state index is -0.160. The number of thioether (sulfide) groups is 1. The summed E-state index contributed by atoms with van der Waals surface area (Å²) in [5.74, 6) is 0.752. The van der Waals surface area contributed by atoms with Crippen LogP contribution in [0.3, 0.4) is 0 Å². The molecule has 0 spiro atoms. The molecule has 0 radical (unpaired) electrons. The smallest absolute Gasteiger partial charge is 0.123 e. The van der Waals surface area contributed by atoms with Crippen LogP contribution in [-0.2, 0) is 12.3 Å². The Bertz CT molecular complexity index is 361. The Balaban J connectivity index is 1.91. The van der Waals surface area contributed by atoms with Gasteiger partial charge in [0, 0.05) is 17.5 Å². The van der Waals surface area contributed by atoms with Gasteiger partial charge in [0.25, 0.3) is 0 Å². The number of nitrogens with two attached hydrogens (primary N) is 1. The lowest BCUT2D eigenvalue weighted by molar-refractivity contribution is 0.516. The highest BCUT2D eigenvalue weighted by Gasteiger charge is 2.13. The lowest BCUT2D eigenvalue weighted by Gasteiger charge is -2.21. The maximum atomic E-state index is 13.3. The predicted octanol–water partition coefficient (Wildman–Crippen LogP) is 3.85. The van der Waals surface area contributed by atoms with Crippen LogP contribution < -0.4 is 5.73 Å². The molecule has 1 aromatic rings. The van der Waals surface area contributed by atoms with Crippen LogP contribution >= 0.6 is 11.8 Å². The predicted molar refractivity (Wildman–Crippen MR) is 72.5 cm³/mol. The average molecular weight is 253 g/mol. The molecule has 1 fully saturated rings. The molecule has 0 bridgehead atoms. The van der Waals surface area contributed by atoms with Crippen molar-refractivity contribution in [3.05, 3.63) is 35.1 Å². The van der Waals surface area contributed by atoms with Gasteiger partial charge in [0.2, 0.25) is 0 Å². The molecule has 0 saturated heterocycles. The second-order valence-corrected chi connectivity index (χ2v) is 6.03. The van der Waals surface area contributed by atoms with Gasteiger partial charge in [-0.15, -0.1) is 0 Å². The molecule has 0 atom stereocenters. The first kappa shape index (κ1) is 12.9. The molecular weight excluding hydrogens is 233 g/mol. The van der Waals surface area contributed by atoms with E-state index in [1.807, 2.05) is 17.8 Å². The Labute approximate surface area is 107 Å². The molecule has 1 aliphatic rings. The summed E-state index contributed by atoms with van der Waals surface area (Å²) < 4.78 is 13.3. The molecule has 3 heteroatoms. The van der Waals surface area contributed by atoms with Gasteiger partial charge in [-0.05, 0) is 36.1 Å². The van der Waals surface area contributed by atoms with E-state index in [1.165, 1.54) is 38.2 Å². The number of hydrogen-bond donors (Lipinski definition) is 1. The largest absolute Gasteiger partial charge is 0.326 e. The summed E-state index contributed by atoms with van der Waals surface area (Å²) in [6.45, 7) is 0.416. The topological polar surface area (TPSA) is 26.0 Å². The quantitative estimate of drug-likeness (QED) is 0.882. The fourth-order valence-electron chi connectivity index (χ4n) is 2.36. The van der Waals surface area contributed by atoms with Crippen molar-refractivity contribution in [3.63, 3.8) is 0 Å². The zero-order valence-corrected chi connectivity index (χ0v) is 10.9. The van der Waals surface area contributed by atoms with Gasteiger partial charge in [-0.3, -0.25) is 0 Å². The third-order valence-corrected chi connectivity index (χ3v) is 4.73. The van der Waals surface area contributed by atoms with Crippen LogP contribution in [0.25, 0.3) is 0 Å². The van der Waals surface area contributed by atoms with Gasteiger partial charge in [0.05, 0.1) is 0 Å². The van der Waals surface area contributed by atoms with Crippen molar-refractivity contribution in [1.29, 1.82) is 0 Å². The van der Waals surface area contributed by atoms with Crippen molar-refractivity contribution in [2.75, 3.05) is 0 Å². The van der Waals surface area contributed by atoms with Gasteiger partial charge >= 0.3 is 0 Å². The summed E-state index contributed by atoms with van der Waals surface area (Å²) in [5, 5.41) is 0.772. The highest BCUT2D eigenvalue weighted by Crippen LogP contribution is 2.30. The van der Waals surface area contributed by atoms with Gasteiger partial charge in [0.15, 0.2) is 0 Å². The number of halogens is 1. The minimum Gasteiger partial charge on any atom is -0.326 e. The standard InChI is InChI=1S/C14H20FNS/c15-13-7-11(9-16)6-12(8-13)10-17-14-4-2-1-3-5-14/h6-8,14H,1-5,9-10,16H2. The Kier molecular flexibility index (Phi) is 4.86. The van der Waals surface area contributed by atoms with E-state index in [1.54, 1.807) is 6.07 Å². The van der Waals surface area contributed by atoms with E-state index in [4.69, 9.17) is 5.73 Å². The molecule has 0 aromatic heterocycles. The first-order valence-corrected chi connectivity index (χ1v) is 7.43. The fourth-order valence-corrected chi connectivity index (χ4v) is 3.63. The van der Waals surface area contributed by atoms with E-state index in [0.717, 1.165) is 22.1 Å². The summed E-state index contributed by atoms with van der Waals surface area (Å²) >= 11 is 1.97. The summed E-state index contributed by atoms with van der Waals surface area (Å²) in [5.41, 5.74) is 7.52. The molecule has 1 aromatic carbocycles. The lowest BCUT2D eigenvalue weighted by atomic mass is 10.0. The van der Waals surface area contributed by atoms with E-state index in [2.05, 4.69) is 0 Å². The fraction of sp³-hybridized carbons (Fsp3) is 0.571. The molecule has 0 amide bonds. The van der Waals surface area contributed by atoms with Crippen LogP contribution in [0, 0.1) is 5.82 Å². The second-order valence-electron chi connectivity index (χ2n) is 4.74.